The number of hydrogen-bond donors (Lipinski definition) is 1. The lowest BCUT2D eigenvalue weighted by atomic mass is 10.7. The van der Waals surface area contributed by atoms with Gasteiger partial charge in [0.1, 0.15) is 6.33 Å². The molecule has 5 heteroatoms. The van der Waals surface area contributed by atoms with Gasteiger partial charge in [-0.25, -0.2) is 18.4 Å². The molecule has 1 rings (SSSR count). The van der Waals surface area contributed by atoms with Gasteiger partial charge in [0.2, 0.25) is 0 Å². The van der Waals surface area contributed by atoms with Crippen LogP contribution in [0.2, 0.25) is 0 Å². The van der Waals surface area contributed by atoms with Crippen molar-refractivity contribution in [3.05, 3.63) is 18.6 Å². The van der Waals surface area contributed by atoms with Crippen LogP contribution in [0.25, 0.3) is 0 Å². The maximum atomic E-state index is 10.1. The van der Waals surface area contributed by atoms with E-state index in [1.807, 2.05) is 0 Å². The van der Waals surface area contributed by atoms with E-state index in [2.05, 4.69) is 9.97 Å². The summed E-state index contributed by atoms with van der Waals surface area (Å²) in [5.41, 5.74) is 0. The van der Waals surface area contributed by atoms with Crippen molar-refractivity contribution in [3.63, 3.8) is 0 Å². The Morgan fingerprint density at radius 2 is 2.22 bits per heavy atom. The van der Waals surface area contributed by atoms with Gasteiger partial charge in [0.25, 0.3) is 0 Å². The summed E-state index contributed by atoms with van der Waals surface area (Å²) >= 11 is 0. The summed E-state index contributed by atoms with van der Waals surface area (Å²) in [6.07, 6.45) is 2.58. The molecule has 1 aromatic rings. The van der Waals surface area contributed by atoms with Crippen LogP contribution >= 0.6 is 0 Å². The number of thiol groups is 1. The van der Waals surface area contributed by atoms with Crippen molar-refractivity contribution in [1.29, 1.82) is 0 Å². The largest absolute Gasteiger partial charge is 0.245 e. The topological polar surface area (TPSA) is 59.9 Å². The molecule has 0 amide bonds. The van der Waals surface area contributed by atoms with Gasteiger partial charge in [0.15, 0.2) is 15.7 Å². The van der Waals surface area contributed by atoms with Gasteiger partial charge in [-0.1, -0.05) is 0 Å². The molecule has 9 heavy (non-hydrogen) atoms. The molecule has 0 saturated heterocycles. The maximum Gasteiger partial charge on any atom is 0.185 e. The first kappa shape index (κ1) is 6.15. The van der Waals surface area contributed by atoms with Crippen LogP contribution in [0.3, 0.4) is 0 Å². The number of nitrogens with zero attached hydrogens (tertiary/aromatic N) is 2. The summed E-state index contributed by atoms with van der Waals surface area (Å²) in [6, 6.07) is 1.34. The van der Waals surface area contributed by atoms with E-state index in [9.17, 15) is 8.42 Å². The molecular weight excluding hydrogens is 140 g/mol. The highest BCUT2D eigenvalue weighted by atomic mass is 32.2. The van der Waals surface area contributed by atoms with E-state index in [0.29, 0.717) is 0 Å². The van der Waals surface area contributed by atoms with Crippen LogP contribution in [0.1, 0.15) is 0 Å². The molecular formula is C4H4N2O2S. The van der Waals surface area contributed by atoms with Gasteiger partial charge in [0.05, 0.1) is 0 Å². The predicted molar refractivity (Wildman–Crippen MR) is 30.6 cm³/mol. The SMILES string of the molecule is O=[SH](=O)c1ccncn1. The second-order valence-electron chi connectivity index (χ2n) is 1.32. The zero-order valence-corrected chi connectivity index (χ0v) is 5.28. The highest BCUT2D eigenvalue weighted by molar-refractivity contribution is 7.72. The lowest BCUT2D eigenvalue weighted by molar-refractivity contribution is 0.611. The molecule has 0 atom stereocenters. The lowest BCUT2D eigenvalue weighted by Gasteiger charge is -1.82. The van der Waals surface area contributed by atoms with E-state index >= 15 is 0 Å². The Morgan fingerprint density at radius 3 is 2.56 bits per heavy atom. The summed E-state index contributed by atoms with van der Waals surface area (Å²) in [6.45, 7) is 0. The molecule has 0 aliphatic carbocycles. The van der Waals surface area contributed by atoms with Crippen LogP contribution in [-0.4, -0.2) is 18.4 Å². The molecule has 0 aliphatic heterocycles. The van der Waals surface area contributed by atoms with Crippen LogP contribution in [0.15, 0.2) is 23.6 Å². The average molecular weight is 144 g/mol. The summed E-state index contributed by atoms with van der Waals surface area (Å²) < 4.78 is 20.3. The van der Waals surface area contributed by atoms with Crippen molar-refractivity contribution in [2.24, 2.45) is 0 Å². The minimum absolute atomic E-state index is 0.0556. The third kappa shape index (κ3) is 1.46. The van der Waals surface area contributed by atoms with E-state index in [1.165, 1.54) is 18.6 Å². The van der Waals surface area contributed by atoms with Gasteiger partial charge >= 0.3 is 0 Å². The number of aromatic nitrogens is 2. The monoisotopic (exact) mass is 144 g/mol. The van der Waals surface area contributed by atoms with Gasteiger partial charge in [-0.15, -0.1) is 0 Å². The summed E-state index contributed by atoms with van der Waals surface area (Å²) in [5, 5.41) is 0.0556. The van der Waals surface area contributed by atoms with Crippen LogP contribution in [0.4, 0.5) is 0 Å². The molecule has 1 aromatic heterocycles. The van der Waals surface area contributed by atoms with Crippen LogP contribution < -0.4 is 0 Å². The van der Waals surface area contributed by atoms with Gasteiger partial charge in [-0.05, 0) is 6.07 Å². The van der Waals surface area contributed by atoms with E-state index in [0.717, 1.165) is 0 Å². The van der Waals surface area contributed by atoms with Crippen molar-refractivity contribution in [3.8, 4) is 0 Å². The first-order valence-electron chi connectivity index (χ1n) is 2.21. The number of rotatable bonds is 1. The van der Waals surface area contributed by atoms with Gasteiger partial charge in [0, 0.05) is 6.20 Å². The van der Waals surface area contributed by atoms with E-state index < -0.39 is 10.7 Å². The van der Waals surface area contributed by atoms with Crippen LogP contribution in [0, 0.1) is 0 Å². The predicted octanol–water partition coefficient (Wildman–Crippen LogP) is -0.553. The van der Waals surface area contributed by atoms with Gasteiger partial charge in [-0.3, -0.25) is 0 Å². The summed E-state index contributed by atoms with van der Waals surface area (Å²) in [5.74, 6) is 0. The molecule has 0 saturated carbocycles. The van der Waals surface area contributed by atoms with Gasteiger partial charge in [-0.2, -0.15) is 0 Å². The fraction of sp³-hybridized carbons (Fsp3) is 0. The Hall–Kier alpha value is -0.970. The minimum Gasteiger partial charge on any atom is -0.245 e. The van der Waals surface area contributed by atoms with E-state index in [-0.39, 0.29) is 5.03 Å². The molecule has 1 heterocycles. The summed E-state index contributed by atoms with van der Waals surface area (Å²) in [4.78, 5) is 7.02. The molecule has 0 bridgehead atoms. The standard InChI is InChI=1S/C4H4N2O2S/c7-9(8)4-1-2-5-3-6-4/h1-3,9H. The van der Waals surface area contributed by atoms with E-state index in [4.69, 9.17) is 0 Å². The Kier molecular flexibility index (Phi) is 1.74. The van der Waals surface area contributed by atoms with Crippen molar-refractivity contribution < 1.29 is 8.42 Å². The molecule has 0 spiro atoms. The van der Waals surface area contributed by atoms with Gasteiger partial charge < -0.3 is 0 Å². The second kappa shape index (κ2) is 2.54. The normalized spacial score (nSPS) is 9.89. The fourth-order valence-electron chi connectivity index (χ4n) is 0.392. The molecule has 0 unspecified atom stereocenters. The number of hydrogen-bond acceptors (Lipinski definition) is 4. The second-order valence-corrected chi connectivity index (χ2v) is 2.30. The Morgan fingerprint density at radius 1 is 1.44 bits per heavy atom. The van der Waals surface area contributed by atoms with Crippen molar-refractivity contribution in [2.45, 2.75) is 5.03 Å². The molecule has 0 aromatic carbocycles. The quantitative estimate of drug-likeness (QED) is 0.424. The zero-order valence-electron chi connectivity index (χ0n) is 4.39. The third-order valence-corrected chi connectivity index (χ3v) is 1.39. The third-order valence-electron chi connectivity index (χ3n) is 0.753. The maximum absolute atomic E-state index is 10.1. The molecule has 48 valence electrons. The molecule has 0 radical (unpaired) electrons. The van der Waals surface area contributed by atoms with Crippen molar-refractivity contribution >= 4 is 10.7 Å². The Labute approximate surface area is 53.5 Å². The molecule has 0 fully saturated rings. The Balaban J connectivity index is 3.13. The zero-order chi connectivity index (χ0) is 6.69. The average Bonchev–Trinajstić information content (AvgIpc) is 1.90. The smallest absolute Gasteiger partial charge is 0.185 e. The molecule has 0 N–H and O–H groups in total. The fourth-order valence-corrected chi connectivity index (χ4v) is 0.726. The highest BCUT2D eigenvalue weighted by Gasteiger charge is 1.90. The van der Waals surface area contributed by atoms with Crippen LogP contribution in [0.5, 0.6) is 0 Å². The van der Waals surface area contributed by atoms with Crippen LogP contribution in [-0.2, 0) is 10.7 Å². The van der Waals surface area contributed by atoms with E-state index in [1.54, 1.807) is 0 Å². The Bertz CT molecular complexity index is 249. The molecule has 0 aliphatic rings. The first-order chi connectivity index (χ1) is 4.30. The summed E-state index contributed by atoms with van der Waals surface area (Å²) in [7, 11) is -2.55. The minimum atomic E-state index is -2.55. The molecule has 4 nitrogen and oxygen atoms in total. The highest BCUT2D eigenvalue weighted by Crippen LogP contribution is 1.89. The first-order valence-corrected chi connectivity index (χ1v) is 3.39. The van der Waals surface area contributed by atoms with Crippen molar-refractivity contribution in [2.75, 3.05) is 0 Å². The lowest BCUT2D eigenvalue weighted by Crippen LogP contribution is -1.84. The van der Waals surface area contributed by atoms with Crippen molar-refractivity contribution in [1.82, 2.24) is 9.97 Å².